The third kappa shape index (κ3) is 5.14. The summed E-state index contributed by atoms with van der Waals surface area (Å²) in [5.74, 6) is 3.19. The molecule has 0 spiro atoms. The zero-order valence-electron chi connectivity index (χ0n) is 12.2. The van der Waals surface area contributed by atoms with Gasteiger partial charge in [-0.05, 0) is 13.3 Å². The lowest BCUT2D eigenvalue weighted by Crippen LogP contribution is -2.15. The summed E-state index contributed by atoms with van der Waals surface area (Å²) in [7, 11) is -0.785. The fourth-order valence-corrected chi connectivity index (χ4v) is 2.01. The van der Waals surface area contributed by atoms with E-state index in [2.05, 4.69) is 27.5 Å². The van der Waals surface area contributed by atoms with Crippen LogP contribution in [0, 0.1) is 6.92 Å². The largest absolute Gasteiger partial charge is 0.370 e. The third-order valence-corrected chi connectivity index (χ3v) is 3.51. The number of aromatic nitrogens is 2. The van der Waals surface area contributed by atoms with Crippen molar-refractivity contribution in [1.82, 2.24) is 9.97 Å². The average Bonchev–Trinajstić information content (AvgIpc) is 2.38. The number of aryl methyl sites for hydroxylation is 1. The van der Waals surface area contributed by atoms with E-state index in [-0.39, 0.29) is 0 Å². The van der Waals surface area contributed by atoms with Crippen LogP contribution >= 0.6 is 0 Å². The van der Waals surface area contributed by atoms with Gasteiger partial charge in [0.2, 0.25) is 0 Å². The Hall–Kier alpha value is -1.17. The Morgan fingerprint density at radius 2 is 1.68 bits per heavy atom. The summed E-state index contributed by atoms with van der Waals surface area (Å²) in [6, 6.07) is 0. The van der Waals surface area contributed by atoms with E-state index in [0.717, 1.165) is 42.4 Å². The molecular weight excluding hydrogens is 260 g/mol. The van der Waals surface area contributed by atoms with E-state index in [4.69, 9.17) is 0 Å². The summed E-state index contributed by atoms with van der Waals surface area (Å²) in [5.41, 5.74) is 1.02. The van der Waals surface area contributed by atoms with E-state index < -0.39 is 10.8 Å². The molecule has 19 heavy (non-hydrogen) atoms. The Bertz CT molecular complexity index is 437. The standard InChI is InChI=1S/C13H24N4OS/c1-5-7-14-12-10(3)13(15-8-9-19(4)18)17-11(6-2)16-12/h5-9H2,1-4H3,(H2,14,15,16,17). The number of hydrogen-bond acceptors (Lipinski definition) is 5. The SMILES string of the molecule is CCCNc1nc(CC)nc(NCCS(C)=O)c1C. The van der Waals surface area contributed by atoms with E-state index in [1.807, 2.05) is 13.8 Å². The van der Waals surface area contributed by atoms with Gasteiger partial charge in [0, 0.05) is 47.9 Å². The maximum Gasteiger partial charge on any atom is 0.134 e. The molecule has 1 aromatic rings. The number of hydrogen-bond donors (Lipinski definition) is 2. The Kier molecular flexibility index (Phi) is 6.77. The molecule has 1 rings (SSSR count). The molecule has 1 heterocycles. The maximum absolute atomic E-state index is 11.1. The highest BCUT2D eigenvalue weighted by Gasteiger charge is 2.09. The fraction of sp³-hybridized carbons (Fsp3) is 0.692. The fourth-order valence-electron chi connectivity index (χ4n) is 1.62. The van der Waals surface area contributed by atoms with Crippen molar-refractivity contribution in [2.45, 2.75) is 33.6 Å². The quantitative estimate of drug-likeness (QED) is 0.764. The van der Waals surface area contributed by atoms with Crippen LogP contribution in [-0.4, -0.2) is 39.3 Å². The molecule has 1 aromatic heterocycles. The lowest BCUT2D eigenvalue weighted by atomic mass is 10.2. The van der Waals surface area contributed by atoms with E-state index in [0.29, 0.717) is 12.3 Å². The summed E-state index contributed by atoms with van der Waals surface area (Å²) in [5, 5.41) is 6.58. The molecule has 0 bridgehead atoms. The predicted octanol–water partition coefficient (Wildman–Crippen LogP) is 1.96. The maximum atomic E-state index is 11.1. The molecule has 0 aliphatic heterocycles. The zero-order chi connectivity index (χ0) is 14.3. The summed E-state index contributed by atoms with van der Waals surface area (Å²) >= 11 is 0. The van der Waals surface area contributed by atoms with Crippen LogP contribution in [0.3, 0.4) is 0 Å². The number of nitrogens with zero attached hydrogens (tertiary/aromatic N) is 2. The van der Waals surface area contributed by atoms with Gasteiger partial charge >= 0.3 is 0 Å². The first-order chi connectivity index (χ1) is 9.08. The number of anilines is 2. The lowest BCUT2D eigenvalue weighted by molar-refractivity contribution is 0.687. The molecule has 0 fully saturated rings. The van der Waals surface area contributed by atoms with Gasteiger partial charge in [0.15, 0.2) is 0 Å². The van der Waals surface area contributed by atoms with Crippen molar-refractivity contribution in [3.8, 4) is 0 Å². The van der Waals surface area contributed by atoms with Crippen molar-refractivity contribution in [3.63, 3.8) is 0 Å². The highest BCUT2D eigenvalue weighted by Crippen LogP contribution is 2.20. The van der Waals surface area contributed by atoms with Crippen LogP contribution in [0.2, 0.25) is 0 Å². The first-order valence-electron chi connectivity index (χ1n) is 6.73. The molecule has 0 aliphatic rings. The Morgan fingerprint density at radius 3 is 2.16 bits per heavy atom. The zero-order valence-corrected chi connectivity index (χ0v) is 13.1. The monoisotopic (exact) mass is 284 g/mol. The van der Waals surface area contributed by atoms with Gasteiger partial charge in [-0.1, -0.05) is 13.8 Å². The average molecular weight is 284 g/mol. The van der Waals surface area contributed by atoms with Crippen LogP contribution < -0.4 is 10.6 Å². The van der Waals surface area contributed by atoms with Gasteiger partial charge in [0.1, 0.15) is 17.5 Å². The van der Waals surface area contributed by atoms with Crippen molar-refractivity contribution >= 4 is 22.4 Å². The predicted molar refractivity (Wildman–Crippen MR) is 82.4 cm³/mol. The van der Waals surface area contributed by atoms with Crippen LogP contribution in [-0.2, 0) is 17.2 Å². The van der Waals surface area contributed by atoms with Crippen molar-refractivity contribution in [1.29, 1.82) is 0 Å². The Balaban J connectivity index is 2.85. The van der Waals surface area contributed by atoms with Crippen LogP contribution in [0.5, 0.6) is 0 Å². The Labute approximate surface area is 118 Å². The minimum Gasteiger partial charge on any atom is -0.370 e. The summed E-state index contributed by atoms with van der Waals surface area (Å²) < 4.78 is 11.1. The van der Waals surface area contributed by atoms with E-state index >= 15 is 0 Å². The van der Waals surface area contributed by atoms with Gasteiger partial charge in [0.05, 0.1) is 0 Å². The molecule has 1 unspecified atom stereocenters. The molecule has 5 nitrogen and oxygen atoms in total. The van der Waals surface area contributed by atoms with Gasteiger partial charge in [-0.2, -0.15) is 0 Å². The van der Waals surface area contributed by atoms with Gasteiger partial charge in [-0.3, -0.25) is 4.21 Å². The molecule has 108 valence electrons. The molecule has 1 atom stereocenters. The molecule has 0 saturated heterocycles. The second-order valence-corrected chi connectivity index (χ2v) is 6.00. The topological polar surface area (TPSA) is 66.9 Å². The highest BCUT2D eigenvalue weighted by molar-refractivity contribution is 7.84. The molecule has 6 heteroatoms. The van der Waals surface area contributed by atoms with Gasteiger partial charge in [0.25, 0.3) is 0 Å². The van der Waals surface area contributed by atoms with Gasteiger partial charge < -0.3 is 10.6 Å². The molecule has 0 saturated carbocycles. The second-order valence-electron chi connectivity index (χ2n) is 4.45. The second kappa shape index (κ2) is 8.09. The smallest absolute Gasteiger partial charge is 0.134 e. The lowest BCUT2D eigenvalue weighted by Gasteiger charge is -2.14. The third-order valence-electron chi connectivity index (χ3n) is 2.73. The van der Waals surface area contributed by atoms with Crippen molar-refractivity contribution < 1.29 is 4.21 Å². The van der Waals surface area contributed by atoms with Crippen molar-refractivity contribution in [3.05, 3.63) is 11.4 Å². The van der Waals surface area contributed by atoms with Crippen LogP contribution in [0.1, 0.15) is 31.7 Å². The van der Waals surface area contributed by atoms with Crippen LogP contribution in [0.25, 0.3) is 0 Å². The van der Waals surface area contributed by atoms with E-state index in [9.17, 15) is 4.21 Å². The molecule has 0 aliphatic carbocycles. The summed E-state index contributed by atoms with van der Waals surface area (Å²) in [4.78, 5) is 9.01. The first kappa shape index (κ1) is 15.9. The van der Waals surface area contributed by atoms with Crippen molar-refractivity contribution in [2.24, 2.45) is 0 Å². The van der Waals surface area contributed by atoms with Crippen molar-refractivity contribution in [2.75, 3.05) is 35.7 Å². The Morgan fingerprint density at radius 1 is 1.11 bits per heavy atom. The van der Waals surface area contributed by atoms with Gasteiger partial charge in [-0.15, -0.1) is 0 Å². The van der Waals surface area contributed by atoms with Crippen LogP contribution in [0.4, 0.5) is 11.6 Å². The van der Waals surface area contributed by atoms with E-state index in [1.54, 1.807) is 6.26 Å². The molecule has 2 N–H and O–H groups in total. The molecular formula is C13H24N4OS. The van der Waals surface area contributed by atoms with Gasteiger partial charge in [-0.25, -0.2) is 9.97 Å². The van der Waals surface area contributed by atoms with E-state index in [1.165, 1.54) is 0 Å². The highest BCUT2D eigenvalue weighted by atomic mass is 32.2. The number of rotatable bonds is 8. The number of nitrogens with one attached hydrogen (secondary N) is 2. The molecule has 0 radical (unpaired) electrons. The summed E-state index contributed by atoms with van der Waals surface area (Å²) in [6.45, 7) is 7.73. The minimum atomic E-state index is -0.785. The normalized spacial score (nSPS) is 12.2. The van der Waals surface area contributed by atoms with Crippen LogP contribution in [0.15, 0.2) is 0 Å². The molecule has 0 amide bonds. The minimum absolute atomic E-state index is 0.628. The first-order valence-corrected chi connectivity index (χ1v) is 8.46. The summed E-state index contributed by atoms with van der Waals surface area (Å²) in [6.07, 6.45) is 3.57. The molecule has 0 aromatic carbocycles.